The molecule has 0 aromatic carbocycles. The van der Waals surface area contributed by atoms with Gasteiger partial charge in [0.25, 0.3) is 0 Å². The summed E-state index contributed by atoms with van der Waals surface area (Å²) in [7, 11) is 0. The summed E-state index contributed by atoms with van der Waals surface area (Å²) >= 11 is 0. The zero-order valence-corrected chi connectivity index (χ0v) is 15.6. The quantitative estimate of drug-likeness (QED) is 0.348. The normalized spacial score (nSPS) is 35.4. The molecule has 9 heteroatoms. The minimum Gasteiger partial charge on any atom is -0.389 e. The van der Waals surface area contributed by atoms with Crippen LogP contribution in [0.3, 0.4) is 0 Å². The van der Waals surface area contributed by atoms with Gasteiger partial charge >= 0.3 is 0 Å². The highest BCUT2D eigenvalue weighted by Crippen LogP contribution is 2.27. The van der Waals surface area contributed by atoms with Crippen LogP contribution in [0.2, 0.25) is 0 Å². The molecule has 1 aromatic heterocycles. The van der Waals surface area contributed by atoms with Crippen LogP contribution in [0.25, 0.3) is 0 Å². The molecule has 6 N–H and O–H groups in total. The number of aryl methyl sites for hydroxylation is 1. The van der Waals surface area contributed by atoms with Crippen LogP contribution >= 0.6 is 0 Å². The number of aliphatic hydroxyl groups is 5. The molecule has 0 radical (unpaired) electrons. The Labute approximate surface area is 159 Å². The predicted octanol–water partition coefficient (Wildman–Crippen LogP) is -1.09. The second-order valence-electron chi connectivity index (χ2n) is 7.98. The van der Waals surface area contributed by atoms with E-state index < -0.39 is 36.6 Å². The minimum absolute atomic E-state index is 0.219. The molecule has 0 spiro atoms. The highest BCUT2D eigenvalue weighted by atomic mass is 16.4. The third-order valence-corrected chi connectivity index (χ3v) is 5.96. The Hall–Kier alpha value is -1.10. The van der Waals surface area contributed by atoms with Gasteiger partial charge in [0.1, 0.15) is 30.5 Å². The average molecular weight is 384 g/mol. The van der Waals surface area contributed by atoms with Gasteiger partial charge in [0.15, 0.2) is 0 Å². The van der Waals surface area contributed by atoms with Crippen molar-refractivity contribution in [3.8, 4) is 0 Å². The summed E-state index contributed by atoms with van der Waals surface area (Å²) in [5.74, 6) is 0.839. The minimum atomic E-state index is -1.59. The Morgan fingerprint density at radius 1 is 0.926 bits per heavy atom. The van der Waals surface area contributed by atoms with Crippen LogP contribution in [0.4, 0.5) is 0 Å². The second-order valence-corrected chi connectivity index (χ2v) is 7.98. The largest absolute Gasteiger partial charge is 0.389 e. The Morgan fingerprint density at radius 3 is 2.22 bits per heavy atom. The smallest absolute Gasteiger partial charge is 0.111 e. The van der Waals surface area contributed by atoms with Gasteiger partial charge < -0.3 is 30.8 Å². The molecular formula is C18H32N4O5. The molecule has 154 valence electrons. The summed E-state index contributed by atoms with van der Waals surface area (Å²) in [5.41, 5.74) is 0.641. The molecule has 0 aliphatic heterocycles. The van der Waals surface area contributed by atoms with Crippen molar-refractivity contribution in [3.63, 3.8) is 0 Å². The molecular weight excluding hydrogens is 352 g/mol. The van der Waals surface area contributed by atoms with Crippen LogP contribution in [0, 0.1) is 5.92 Å². The van der Waals surface area contributed by atoms with Gasteiger partial charge in [0.05, 0.1) is 11.7 Å². The fourth-order valence-corrected chi connectivity index (χ4v) is 4.24. The van der Waals surface area contributed by atoms with Gasteiger partial charge in [-0.05, 0) is 18.8 Å². The van der Waals surface area contributed by atoms with Gasteiger partial charge in [-0.1, -0.05) is 37.3 Å². The third-order valence-electron chi connectivity index (χ3n) is 5.96. The molecule has 2 saturated carbocycles. The highest BCUT2D eigenvalue weighted by molar-refractivity contribution is 5.03. The first-order valence-corrected chi connectivity index (χ1v) is 10.00. The fourth-order valence-electron chi connectivity index (χ4n) is 4.24. The van der Waals surface area contributed by atoms with Crippen LogP contribution in [0.15, 0.2) is 6.20 Å². The maximum absolute atomic E-state index is 10.0. The van der Waals surface area contributed by atoms with E-state index in [0.717, 1.165) is 18.9 Å². The van der Waals surface area contributed by atoms with E-state index in [9.17, 15) is 25.5 Å². The summed E-state index contributed by atoms with van der Waals surface area (Å²) in [6.07, 6.45) is 3.40. The molecule has 6 atom stereocenters. The fraction of sp³-hybridized carbons (Fsp3) is 0.889. The number of nitrogens with zero attached hydrogens (tertiary/aromatic N) is 3. The van der Waals surface area contributed by atoms with Gasteiger partial charge in [-0.3, -0.25) is 4.68 Å². The zero-order chi connectivity index (χ0) is 19.4. The molecule has 2 unspecified atom stereocenters. The highest BCUT2D eigenvalue weighted by Gasteiger charge is 2.47. The topological polar surface area (TPSA) is 144 Å². The lowest BCUT2D eigenvalue weighted by Gasteiger charge is -2.42. The third kappa shape index (κ3) is 5.04. The lowest BCUT2D eigenvalue weighted by Crippen LogP contribution is -2.67. The summed E-state index contributed by atoms with van der Waals surface area (Å²) < 4.78 is 1.79. The van der Waals surface area contributed by atoms with Crippen LogP contribution in [-0.2, 0) is 13.1 Å². The number of nitrogens with one attached hydrogen (secondary N) is 1. The molecule has 1 aromatic rings. The van der Waals surface area contributed by atoms with Gasteiger partial charge in [0, 0.05) is 19.3 Å². The van der Waals surface area contributed by atoms with Crippen molar-refractivity contribution in [2.75, 3.05) is 0 Å². The Kier molecular flexibility index (Phi) is 7.18. The summed E-state index contributed by atoms with van der Waals surface area (Å²) in [6, 6.07) is -0.977. The number of rotatable bonds is 7. The van der Waals surface area contributed by atoms with Gasteiger partial charge in [-0.25, -0.2) is 0 Å². The second kappa shape index (κ2) is 9.40. The number of hydrogen-bond donors (Lipinski definition) is 6. The molecule has 9 nitrogen and oxygen atoms in total. The first-order chi connectivity index (χ1) is 13.0. The standard InChI is InChI=1S/C18H32N4O5/c23-14-13(15(24)17(26)18(27)16(14)25)19-9-12-10-22(21-20-12)8-4-7-11-5-2-1-3-6-11/h10-11,13-19,23-27H,1-9H2/t13?,14-,15+,16+,17-,18?. The van der Waals surface area contributed by atoms with E-state index in [1.807, 2.05) is 6.20 Å². The van der Waals surface area contributed by atoms with E-state index in [2.05, 4.69) is 15.6 Å². The zero-order valence-electron chi connectivity index (χ0n) is 15.6. The molecule has 0 amide bonds. The van der Waals surface area contributed by atoms with Gasteiger partial charge in [-0.15, -0.1) is 5.10 Å². The molecule has 0 bridgehead atoms. The Bertz CT molecular complexity index is 564. The number of hydrogen-bond acceptors (Lipinski definition) is 8. The van der Waals surface area contributed by atoms with Crippen LogP contribution in [0.5, 0.6) is 0 Å². The van der Waals surface area contributed by atoms with Crippen LogP contribution in [-0.4, -0.2) is 77.1 Å². The first-order valence-electron chi connectivity index (χ1n) is 10.00. The summed E-state index contributed by atoms with van der Waals surface area (Å²) in [5, 5.41) is 60.3. The van der Waals surface area contributed by atoms with Crippen molar-refractivity contribution in [3.05, 3.63) is 11.9 Å². The summed E-state index contributed by atoms with van der Waals surface area (Å²) in [6.45, 7) is 1.03. The lowest BCUT2D eigenvalue weighted by molar-refractivity contribution is -0.190. The maximum Gasteiger partial charge on any atom is 0.111 e. The molecule has 2 fully saturated rings. The van der Waals surface area contributed by atoms with Crippen LogP contribution < -0.4 is 5.32 Å². The average Bonchev–Trinajstić information content (AvgIpc) is 3.13. The molecule has 1 heterocycles. The SMILES string of the molecule is OC1[C@@H](O)[C@H](O)C(NCc2cn(CCCC3CCCCC3)nn2)[C@H](O)[C@H]1O. The van der Waals surface area contributed by atoms with E-state index in [1.165, 1.54) is 38.5 Å². The number of aliphatic hydroxyl groups excluding tert-OH is 5. The molecule has 3 rings (SSSR count). The predicted molar refractivity (Wildman–Crippen MR) is 96.5 cm³/mol. The van der Waals surface area contributed by atoms with Gasteiger partial charge in [-0.2, -0.15) is 0 Å². The number of aromatic nitrogens is 3. The van der Waals surface area contributed by atoms with Crippen molar-refractivity contribution >= 4 is 0 Å². The Balaban J connectivity index is 1.44. The first kappa shape index (κ1) is 20.6. The van der Waals surface area contributed by atoms with Crippen molar-refractivity contribution < 1.29 is 25.5 Å². The van der Waals surface area contributed by atoms with Gasteiger partial charge in [0.2, 0.25) is 0 Å². The van der Waals surface area contributed by atoms with E-state index in [1.54, 1.807) is 4.68 Å². The lowest BCUT2D eigenvalue weighted by atomic mass is 9.83. The summed E-state index contributed by atoms with van der Waals surface area (Å²) in [4.78, 5) is 0. The van der Waals surface area contributed by atoms with Crippen molar-refractivity contribution in [2.45, 2.75) is 94.6 Å². The van der Waals surface area contributed by atoms with Crippen molar-refractivity contribution in [1.82, 2.24) is 20.3 Å². The van der Waals surface area contributed by atoms with Crippen molar-refractivity contribution in [1.29, 1.82) is 0 Å². The maximum atomic E-state index is 10.0. The van der Waals surface area contributed by atoms with E-state index in [4.69, 9.17) is 0 Å². The monoisotopic (exact) mass is 384 g/mol. The molecule has 2 aliphatic carbocycles. The molecule has 2 aliphatic rings. The van der Waals surface area contributed by atoms with Crippen molar-refractivity contribution in [2.24, 2.45) is 5.92 Å². The van der Waals surface area contributed by atoms with E-state index in [-0.39, 0.29) is 6.54 Å². The molecule has 27 heavy (non-hydrogen) atoms. The van der Waals surface area contributed by atoms with E-state index >= 15 is 0 Å². The molecule has 0 saturated heterocycles. The Morgan fingerprint density at radius 2 is 1.56 bits per heavy atom. The van der Waals surface area contributed by atoms with Crippen LogP contribution in [0.1, 0.15) is 50.6 Å². The van der Waals surface area contributed by atoms with E-state index in [0.29, 0.717) is 5.69 Å².